The third-order valence-electron chi connectivity index (χ3n) is 3.09. The minimum absolute atomic E-state index is 0.233. The Hall–Kier alpha value is -1.65. The van der Waals surface area contributed by atoms with E-state index >= 15 is 0 Å². The number of ketones is 1. The zero-order chi connectivity index (χ0) is 15.2. The van der Waals surface area contributed by atoms with Gasteiger partial charge in [-0.05, 0) is 24.1 Å². The molecule has 0 saturated carbocycles. The van der Waals surface area contributed by atoms with E-state index in [4.69, 9.17) is 16.3 Å². The van der Waals surface area contributed by atoms with E-state index in [0.717, 1.165) is 5.56 Å². The number of esters is 1. The predicted molar refractivity (Wildman–Crippen MR) is 84.1 cm³/mol. The van der Waals surface area contributed by atoms with Gasteiger partial charge in [-0.3, -0.25) is 9.59 Å². The van der Waals surface area contributed by atoms with Gasteiger partial charge in [-0.2, -0.15) is 0 Å². The van der Waals surface area contributed by atoms with Gasteiger partial charge >= 0.3 is 5.97 Å². The maximum Gasteiger partial charge on any atom is 0.313 e. The van der Waals surface area contributed by atoms with E-state index in [9.17, 15) is 9.59 Å². The number of halogens is 1. The fourth-order valence-electron chi connectivity index (χ4n) is 2.00. The van der Waals surface area contributed by atoms with E-state index in [-0.39, 0.29) is 24.3 Å². The van der Waals surface area contributed by atoms with Crippen LogP contribution in [0.3, 0.4) is 0 Å². The van der Waals surface area contributed by atoms with Crippen molar-refractivity contribution in [2.24, 2.45) is 0 Å². The number of carbonyl (C=O) groups is 2. The smallest absolute Gasteiger partial charge is 0.313 e. The standard InChI is InChI=1S/C16H15ClO3S/c1-2-12(11-6-4-3-5-7-11)16(19)20-10-13(18)14-8-9-15(17)21-14/h3-9,12H,2,10H2,1H3. The molecule has 2 aromatic rings. The van der Waals surface area contributed by atoms with Crippen molar-refractivity contribution in [3.05, 3.63) is 57.2 Å². The third-order valence-corrected chi connectivity index (χ3v) is 4.36. The number of thiophene rings is 1. The maximum absolute atomic E-state index is 12.1. The number of ether oxygens (including phenoxy) is 1. The van der Waals surface area contributed by atoms with Gasteiger partial charge in [0, 0.05) is 0 Å². The fourth-order valence-corrected chi connectivity index (χ4v) is 2.96. The SMILES string of the molecule is CCC(C(=O)OCC(=O)c1ccc(Cl)s1)c1ccccc1. The molecule has 0 bridgehead atoms. The van der Waals surface area contributed by atoms with Crippen molar-refractivity contribution in [3.63, 3.8) is 0 Å². The van der Waals surface area contributed by atoms with Crippen LogP contribution in [0, 0.1) is 0 Å². The van der Waals surface area contributed by atoms with Gasteiger partial charge in [-0.25, -0.2) is 0 Å². The number of rotatable bonds is 6. The van der Waals surface area contributed by atoms with Crippen LogP contribution in [0.15, 0.2) is 42.5 Å². The van der Waals surface area contributed by atoms with Crippen molar-refractivity contribution < 1.29 is 14.3 Å². The van der Waals surface area contributed by atoms with E-state index < -0.39 is 0 Å². The molecular formula is C16H15ClO3S. The second-order valence-corrected chi connectivity index (χ2v) is 6.22. The maximum atomic E-state index is 12.1. The Kier molecular flexibility index (Phi) is 5.53. The molecule has 1 unspecified atom stereocenters. The molecule has 0 aliphatic carbocycles. The average Bonchev–Trinajstić information content (AvgIpc) is 2.93. The van der Waals surface area contributed by atoms with Gasteiger partial charge in [-0.1, -0.05) is 48.9 Å². The van der Waals surface area contributed by atoms with Crippen LogP contribution < -0.4 is 0 Å². The number of hydrogen-bond acceptors (Lipinski definition) is 4. The molecule has 0 radical (unpaired) electrons. The Morgan fingerprint density at radius 2 is 1.90 bits per heavy atom. The Bertz CT molecular complexity index is 621. The summed E-state index contributed by atoms with van der Waals surface area (Å²) in [5, 5.41) is 0. The molecule has 2 rings (SSSR count). The minimum atomic E-state index is -0.375. The van der Waals surface area contributed by atoms with Crippen LogP contribution in [-0.2, 0) is 9.53 Å². The average molecular weight is 323 g/mol. The fraction of sp³-hybridized carbons (Fsp3) is 0.250. The molecule has 0 N–H and O–H groups in total. The van der Waals surface area contributed by atoms with Crippen LogP contribution >= 0.6 is 22.9 Å². The molecule has 0 aliphatic heterocycles. The summed E-state index contributed by atoms with van der Waals surface area (Å²) in [4.78, 5) is 24.5. The Labute approximate surface area is 132 Å². The molecule has 21 heavy (non-hydrogen) atoms. The number of Topliss-reactive ketones (excluding diaryl/α,β-unsaturated/α-hetero) is 1. The van der Waals surface area contributed by atoms with E-state index in [0.29, 0.717) is 15.6 Å². The quantitative estimate of drug-likeness (QED) is 0.587. The molecule has 0 amide bonds. The van der Waals surface area contributed by atoms with Gasteiger partial charge < -0.3 is 4.74 Å². The zero-order valence-electron chi connectivity index (χ0n) is 11.5. The second kappa shape index (κ2) is 7.38. The van der Waals surface area contributed by atoms with Crippen LogP contribution in [0.1, 0.15) is 34.5 Å². The summed E-state index contributed by atoms with van der Waals surface area (Å²) in [6.07, 6.45) is 0.627. The largest absolute Gasteiger partial charge is 0.457 e. The summed E-state index contributed by atoms with van der Waals surface area (Å²) in [5.41, 5.74) is 0.900. The van der Waals surface area contributed by atoms with Crippen molar-refractivity contribution in [2.75, 3.05) is 6.61 Å². The topological polar surface area (TPSA) is 43.4 Å². The van der Waals surface area contributed by atoms with Crippen molar-refractivity contribution >= 4 is 34.7 Å². The summed E-state index contributed by atoms with van der Waals surface area (Å²) in [5.74, 6) is -0.950. The van der Waals surface area contributed by atoms with Crippen LogP contribution in [0.5, 0.6) is 0 Å². The lowest BCUT2D eigenvalue weighted by molar-refractivity contribution is -0.144. The molecule has 1 aromatic heterocycles. The van der Waals surface area contributed by atoms with Gasteiger partial charge in [-0.15, -0.1) is 11.3 Å². The van der Waals surface area contributed by atoms with Crippen LogP contribution in [0.4, 0.5) is 0 Å². The van der Waals surface area contributed by atoms with Crippen LogP contribution in [0.2, 0.25) is 4.34 Å². The summed E-state index contributed by atoms with van der Waals surface area (Å²) < 4.78 is 5.69. The lowest BCUT2D eigenvalue weighted by atomic mass is 9.97. The first-order chi connectivity index (χ1) is 10.1. The first-order valence-electron chi connectivity index (χ1n) is 6.62. The van der Waals surface area contributed by atoms with Gasteiger partial charge in [0.25, 0.3) is 0 Å². The highest BCUT2D eigenvalue weighted by Crippen LogP contribution is 2.23. The summed E-state index contributed by atoms with van der Waals surface area (Å²) in [7, 11) is 0. The molecule has 0 fully saturated rings. The molecule has 1 heterocycles. The number of carbonyl (C=O) groups excluding carboxylic acids is 2. The Morgan fingerprint density at radius 1 is 1.19 bits per heavy atom. The van der Waals surface area contributed by atoms with Crippen molar-refractivity contribution in [1.82, 2.24) is 0 Å². The number of hydrogen-bond donors (Lipinski definition) is 0. The van der Waals surface area contributed by atoms with Crippen LogP contribution in [-0.4, -0.2) is 18.4 Å². The normalized spacial score (nSPS) is 11.9. The Morgan fingerprint density at radius 3 is 2.48 bits per heavy atom. The second-order valence-electron chi connectivity index (χ2n) is 4.51. The molecule has 0 spiro atoms. The highest BCUT2D eigenvalue weighted by molar-refractivity contribution is 7.18. The number of benzene rings is 1. The minimum Gasteiger partial charge on any atom is -0.457 e. The zero-order valence-corrected chi connectivity index (χ0v) is 13.1. The molecular weight excluding hydrogens is 308 g/mol. The van der Waals surface area contributed by atoms with Crippen LogP contribution in [0.25, 0.3) is 0 Å². The van der Waals surface area contributed by atoms with E-state index in [1.165, 1.54) is 11.3 Å². The van der Waals surface area contributed by atoms with E-state index in [2.05, 4.69) is 0 Å². The first kappa shape index (κ1) is 15.7. The lowest BCUT2D eigenvalue weighted by Gasteiger charge is -2.14. The molecule has 5 heteroatoms. The molecule has 110 valence electrons. The Balaban J connectivity index is 1.96. The molecule has 3 nitrogen and oxygen atoms in total. The van der Waals surface area contributed by atoms with Gasteiger partial charge in [0.1, 0.15) is 0 Å². The highest BCUT2D eigenvalue weighted by Gasteiger charge is 2.21. The monoisotopic (exact) mass is 322 g/mol. The van der Waals surface area contributed by atoms with Crippen molar-refractivity contribution in [3.8, 4) is 0 Å². The molecule has 1 atom stereocenters. The molecule has 0 saturated heterocycles. The first-order valence-corrected chi connectivity index (χ1v) is 7.81. The van der Waals surface area contributed by atoms with Crippen molar-refractivity contribution in [1.29, 1.82) is 0 Å². The van der Waals surface area contributed by atoms with E-state index in [1.807, 2.05) is 37.3 Å². The van der Waals surface area contributed by atoms with Gasteiger partial charge in [0.15, 0.2) is 6.61 Å². The summed E-state index contributed by atoms with van der Waals surface area (Å²) in [6, 6.07) is 12.7. The third kappa shape index (κ3) is 4.16. The summed E-state index contributed by atoms with van der Waals surface area (Å²) in [6.45, 7) is 1.67. The lowest BCUT2D eigenvalue weighted by Crippen LogP contribution is -2.19. The van der Waals surface area contributed by atoms with Gasteiger partial charge in [0.2, 0.25) is 5.78 Å². The van der Waals surface area contributed by atoms with Gasteiger partial charge in [0.05, 0.1) is 15.1 Å². The summed E-state index contributed by atoms with van der Waals surface area (Å²) >= 11 is 6.96. The van der Waals surface area contributed by atoms with Crippen molar-refractivity contribution in [2.45, 2.75) is 19.3 Å². The van der Waals surface area contributed by atoms with E-state index in [1.54, 1.807) is 12.1 Å². The molecule has 1 aromatic carbocycles. The predicted octanol–water partition coefficient (Wildman–Crippen LogP) is 4.32. The highest BCUT2D eigenvalue weighted by atomic mass is 35.5. The molecule has 0 aliphatic rings.